The number of tetrazole rings is 1. The lowest BCUT2D eigenvalue weighted by Gasteiger charge is -2.23. The fourth-order valence-corrected chi connectivity index (χ4v) is 1.12. The fourth-order valence-electron chi connectivity index (χ4n) is 1.12. The van der Waals surface area contributed by atoms with E-state index in [1.807, 2.05) is 10.7 Å². The van der Waals surface area contributed by atoms with Gasteiger partial charge in [0.1, 0.15) is 6.54 Å². The van der Waals surface area contributed by atoms with Crippen molar-refractivity contribution in [1.29, 1.82) is 5.26 Å². The number of hydrazone groups is 1. The van der Waals surface area contributed by atoms with Crippen LogP contribution in [0.1, 0.15) is 0 Å². The van der Waals surface area contributed by atoms with Crippen molar-refractivity contribution in [3.8, 4) is 6.07 Å². The van der Waals surface area contributed by atoms with Crippen molar-refractivity contribution in [2.75, 3.05) is 11.6 Å². The van der Waals surface area contributed by atoms with Gasteiger partial charge in [0.25, 0.3) is 11.8 Å². The third-order valence-electron chi connectivity index (χ3n) is 1.71. The molecule has 1 aromatic rings. The minimum absolute atomic E-state index is 0.374. The van der Waals surface area contributed by atoms with Gasteiger partial charge in [0.05, 0.1) is 6.07 Å². The SMILES string of the molecule is N#CCN1NN=C(C(F)(F)F)N1c1nn[nH]n1. The second-order valence-electron chi connectivity index (χ2n) is 2.77. The van der Waals surface area contributed by atoms with E-state index in [2.05, 4.69) is 20.5 Å². The summed E-state index contributed by atoms with van der Waals surface area (Å²) in [5, 5.41) is 24.8. The van der Waals surface area contributed by atoms with Crippen LogP contribution in [0, 0.1) is 11.3 Å². The van der Waals surface area contributed by atoms with Crippen molar-refractivity contribution < 1.29 is 13.2 Å². The Morgan fingerprint density at radius 2 is 2.18 bits per heavy atom. The number of H-pyrrole nitrogens is 1. The van der Waals surface area contributed by atoms with Crippen molar-refractivity contribution in [1.82, 2.24) is 31.3 Å². The summed E-state index contributed by atoms with van der Waals surface area (Å²) in [5.41, 5.74) is 2.04. The van der Waals surface area contributed by atoms with Crippen LogP contribution in [0.2, 0.25) is 0 Å². The molecule has 1 aliphatic rings. The zero-order valence-electron chi connectivity index (χ0n) is 7.97. The molecule has 1 aromatic heterocycles. The Balaban J connectivity index is 2.33. The molecule has 17 heavy (non-hydrogen) atoms. The second kappa shape index (κ2) is 3.87. The average molecular weight is 247 g/mol. The van der Waals surface area contributed by atoms with Crippen LogP contribution in [-0.2, 0) is 0 Å². The molecular formula is C5H4F3N9. The number of amidine groups is 1. The Labute approximate surface area is 91.4 Å². The molecule has 0 spiro atoms. The molecule has 0 amide bonds. The molecule has 0 saturated heterocycles. The molecule has 2 heterocycles. The zero-order chi connectivity index (χ0) is 12.5. The van der Waals surface area contributed by atoms with E-state index in [-0.39, 0.29) is 12.5 Å². The quantitative estimate of drug-likeness (QED) is 0.654. The number of rotatable bonds is 2. The number of halogens is 3. The second-order valence-corrected chi connectivity index (χ2v) is 2.77. The number of anilines is 1. The minimum atomic E-state index is -4.71. The number of hydrazine groups is 2. The number of alkyl halides is 3. The third kappa shape index (κ3) is 1.95. The highest BCUT2D eigenvalue weighted by atomic mass is 19.4. The van der Waals surface area contributed by atoms with Gasteiger partial charge in [0.2, 0.25) is 0 Å². The molecule has 0 radical (unpaired) electrons. The van der Waals surface area contributed by atoms with Crippen LogP contribution in [0.15, 0.2) is 5.10 Å². The summed E-state index contributed by atoms with van der Waals surface area (Å²) in [6.45, 7) is -0.377. The van der Waals surface area contributed by atoms with E-state index >= 15 is 0 Å². The van der Waals surface area contributed by atoms with Gasteiger partial charge in [-0.05, 0) is 5.21 Å². The first kappa shape index (κ1) is 11.1. The van der Waals surface area contributed by atoms with Crippen LogP contribution in [0.3, 0.4) is 0 Å². The van der Waals surface area contributed by atoms with E-state index in [1.54, 1.807) is 6.07 Å². The maximum atomic E-state index is 12.6. The van der Waals surface area contributed by atoms with Gasteiger partial charge < -0.3 is 0 Å². The van der Waals surface area contributed by atoms with Crippen LogP contribution >= 0.6 is 0 Å². The first-order valence-corrected chi connectivity index (χ1v) is 4.12. The largest absolute Gasteiger partial charge is 0.453 e. The molecule has 2 rings (SSSR count). The molecule has 12 heteroatoms. The predicted octanol–water partition coefficient (Wildman–Crippen LogP) is -0.859. The zero-order valence-corrected chi connectivity index (χ0v) is 7.97. The lowest BCUT2D eigenvalue weighted by atomic mass is 10.5. The monoisotopic (exact) mass is 247 g/mol. The summed E-state index contributed by atoms with van der Waals surface area (Å²) in [5.74, 6) is -1.66. The molecule has 0 saturated carbocycles. The lowest BCUT2D eigenvalue weighted by Crippen LogP contribution is -2.50. The van der Waals surface area contributed by atoms with Crippen LogP contribution in [0.4, 0.5) is 19.1 Å². The number of aromatic nitrogens is 4. The van der Waals surface area contributed by atoms with E-state index in [0.29, 0.717) is 5.01 Å². The number of nitriles is 1. The Kier molecular flexibility index (Phi) is 2.52. The highest BCUT2D eigenvalue weighted by Crippen LogP contribution is 2.25. The summed E-state index contributed by atoms with van der Waals surface area (Å²) in [6.07, 6.45) is -4.71. The van der Waals surface area contributed by atoms with Crippen molar-refractivity contribution in [3.63, 3.8) is 0 Å². The molecule has 0 aliphatic carbocycles. The van der Waals surface area contributed by atoms with E-state index in [1.165, 1.54) is 0 Å². The molecule has 9 nitrogen and oxygen atoms in total. The molecule has 2 N–H and O–H groups in total. The average Bonchev–Trinajstić information content (AvgIpc) is 2.82. The topological polar surface area (TPSA) is 109 Å². The first-order valence-electron chi connectivity index (χ1n) is 4.12. The number of hydrogen-bond donors (Lipinski definition) is 2. The highest BCUT2D eigenvalue weighted by molar-refractivity contribution is 6.00. The molecule has 0 fully saturated rings. The van der Waals surface area contributed by atoms with Crippen LogP contribution in [-0.4, -0.2) is 44.3 Å². The Morgan fingerprint density at radius 1 is 1.41 bits per heavy atom. The molecule has 0 unspecified atom stereocenters. The van der Waals surface area contributed by atoms with Crippen LogP contribution in [0.25, 0.3) is 0 Å². The van der Waals surface area contributed by atoms with Gasteiger partial charge >= 0.3 is 6.18 Å². The van der Waals surface area contributed by atoms with Crippen LogP contribution < -0.4 is 10.5 Å². The van der Waals surface area contributed by atoms with Crippen molar-refractivity contribution >= 4 is 11.8 Å². The predicted molar refractivity (Wildman–Crippen MR) is 45.6 cm³/mol. The Hall–Kier alpha value is -2.42. The van der Waals surface area contributed by atoms with Gasteiger partial charge in [0.15, 0.2) is 0 Å². The van der Waals surface area contributed by atoms with Crippen molar-refractivity contribution in [2.24, 2.45) is 5.10 Å². The third-order valence-corrected chi connectivity index (χ3v) is 1.71. The van der Waals surface area contributed by atoms with Gasteiger partial charge in [0, 0.05) is 0 Å². The molecular weight excluding hydrogens is 243 g/mol. The number of nitrogens with one attached hydrogen (secondary N) is 2. The summed E-state index contributed by atoms with van der Waals surface area (Å²) in [4.78, 5) is 0. The Morgan fingerprint density at radius 3 is 2.71 bits per heavy atom. The van der Waals surface area contributed by atoms with Gasteiger partial charge in [-0.2, -0.15) is 28.7 Å². The molecule has 1 aliphatic heterocycles. The number of aromatic amines is 1. The summed E-state index contributed by atoms with van der Waals surface area (Å²) < 4.78 is 37.8. The normalized spacial score (nSPS) is 16.6. The molecule has 0 bridgehead atoms. The summed E-state index contributed by atoms with van der Waals surface area (Å²) in [6, 6.07) is 1.67. The number of hydrogen-bond acceptors (Lipinski definition) is 8. The molecule has 0 atom stereocenters. The highest BCUT2D eigenvalue weighted by Gasteiger charge is 2.47. The maximum absolute atomic E-state index is 12.6. The van der Waals surface area contributed by atoms with Gasteiger partial charge in [-0.15, -0.1) is 10.2 Å². The molecule has 0 aromatic carbocycles. The molecule has 90 valence electrons. The smallest absolute Gasteiger partial charge is 0.218 e. The van der Waals surface area contributed by atoms with Gasteiger partial charge in [-0.3, -0.25) is 0 Å². The lowest BCUT2D eigenvalue weighted by molar-refractivity contribution is -0.0608. The van der Waals surface area contributed by atoms with E-state index in [0.717, 1.165) is 5.12 Å². The van der Waals surface area contributed by atoms with Crippen molar-refractivity contribution in [2.45, 2.75) is 6.18 Å². The van der Waals surface area contributed by atoms with Crippen LogP contribution in [0.5, 0.6) is 0 Å². The van der Waals surface area contributed by atoms with E-state index < -0.39 is 12.0 Å². The minimum Gasteiger partial charge on any atom is -0.218 e. The number of nitrogens with zero attached hydrogens (tertiary/aromatic N) is 7. The fraction of sp³-hybridized carbons (Fsp3) is 0.400. The van der Waals surface area contributed by atoms with E-state index in [4.69, 9.17) is 5.26 Å². The van der Waals surface area contributed by atoms with Gasteiger partial charge in [-0.1, -0.05) is 10.2 Å². The van der Waals surface area contributed by atoms with E-state index in [9.17, 15) is 13.2 Å². The Bertz CT molecular complexity index is 456. The standard InChI is InChI=1S/C5H4F3N9/c6-5(7,8)3-10-15-16(2-1-9)17(3)4-11-13-14-12-4/h15H,2H2,(H,11,12,13,14). The summed E-state index contributed by atoms with van der Waals surface area (Å²) >= 11 is 0. The first-order chi connectivity index (χ1) is 8.04. The summed E-state index contributed by atoms with van der Waals surface area (Å²) in [7, 11) is 0. The van der Waals surface area contributed by atoms with Gasteiger partial charge in [-0.25, -0.2) is 5.53 Å². The maximum Gasteiger partial charge on any atom is 0.453 e. The van der Waals surface area contributed by atoms with Crippen molar-refractivity contribution in [3.05, 3.63) is 0 Å².